The second-order valence-corrected chi connectivity index (χ2v) is 3.60. The lowest BCUT2D eigenvalue weighted by atomic mass is 10.1. The standard InChI is InChI=1S/C9H9IO2/c1-2-9(12)7-4-3-6(11)5-8(7)10/h3-5,11H,2H2,1H3. The molecule has 0 aliphatic heterocycles. The highest BCUT2D eigenvalue weighted by Crippen LogP contribution is 2.19. The van der Waals surface area contributed by atoms with E-state index in [0.717, 1.165) is 3.57 Å². The predicted octanol–water partition coefficient (Wildman–Crippen LogP) is 2.59. The Morgan fingerprint density at radius 3 is 2.75 bits per heavy atom. The number of phenolic OH excluding ortho intramolecular Hbond substituents is 1. The number of carbonyl (C=O) groups excluding carboxylic acids is 1. The van der Waals surface area contributed by atoms with Gasteiger partial charge in [0, 0.05) is 15.6 Å². The van der Waals surface area contributed by atoms with E-state index in [9.17, 15) is 4.79 Å². The molecule has 0 bridgehead atoms. The summed E-state index contributed by atoms with van der Waals surface area (Å²) >= 11 is 2.04. The minimum absolute atomic E-state index is 0.111. The monoisotopic (exact) mass is 276 g/mol. The van der Waals surface area contributed by atoms with Crippen molar-refractivity contribution in [2.45, 2.75) is 13.3 Å². The Morgan fingerprint density at radius 1 is 1.58 bits per heavy atom. The fourth-order valence-corrected chi connectivity index (χ4v) is 1.72. The molecule has 0 saturated carbocycles. The lowest BCUT2D eigenvalue weighted by Gasteiger charge is -2.01. The van der Waals surface area contributed by atoms with Crippen LogP contribution in [0.5, 0.6) is 5.75 Å². The average molecular weight is 276 g/mol. The predicted molar refractivity (Wildman–Crippen MR) is 55.4 cm³/mol. The van der Waals surface area contributed by atoms with Crippen molar-refractivity contribution in [3.05, 3.63) is 27.3 Å². The van der Waals surface area contributed by atoms with Crippen LogP contribution >= 0.6 is 22.6 Å². The van der Waals surface area contributed by atoms with Crippen LogP contribution in [0.1, 0.15) is 23.7 Å². The third-order valence-corrected chi connectivity index (χ3v) is 2.47. The van der Waals surface area contributed by atoms with Crippen molar-refractivity contribution < 1.29 is 9.90 Å². The molecule has 0 fully saturated rings. The molecular formula is C9H9IO2. The fraction of sp³-hybridized carbons (Fsp3) is 0.222. The zero-order valence-corrected chi connectivity index (χ0v) is 8.83. The number of hydrogen-bond donors (Lipinski definition) is 1. The Hall–Kier alpha value is -0.580. The number of aromatic hydroxyl groups is 1. The summed E-state index contributed by atoms with van der Waals surface area (Å²) in [5, 5.41) is 9.08. The first-order chi connectivity index (χ1) is 5.65. The van der Waals surface area contributed by atoms with Gasteiger partial charge in [-0.1, -0.05) is 6.92 Å². The zero-order chi connectivity index (χ0) is 9.14. The second kappa shape index (κ2) is 3.89. The van der Waals surface area contributed by atoms with E-state index in [2.05, 4.69) is 0 Å². The first kappa shape index (κ1) is 9.51. The van der Waals surface area contributed by atoms with Gasteiger partial charge in [0.2, 0.25) is 0 Å². The molecule has 2 nitrogen and oxygen atoms in total. The summed E-state index contributed by atoms with van der Waals surface area (Å²) in [6.07, 6.45) is 0.501. The second-order valence-electron chi connectivity index (χ2n) is 2.44. The van der Waals surface area contributed by atoms with Gasteiger partial charge in [-0.3, -0.25) is 4.79 Å². The molecule has 0 atom stereocenters. The molecule has 0 saturated heterocycles. The first-order valence-corrected chi connectivity index (χ1v) is 4.74. The lowest BCUT2D eigenvalue weighted by Crippen LogP contribution is -1.98. The Bertz CT molecular complexity index is 307. The lowest BCUT2D eigenvalue weighted by molar-refractivity contribution is 0.0987. The normalized spacial score (nSPS) is 9.83. The number of carbonyl (C=O) groups is 1. The topological polar surface area (TPSA) is 37.3 Å². The van der Waals surface area contributed by atoms with Gasteiger partial charge in [-0.05, 0) is 40.8 Å². The van der Waals surface area contributed by atoms with E-state index < -0.39 is 0 Å². The van der Waals surface area contributed by atoms with Crippen LogP contribution < -0.4 is 0 Å². The van der Waals surface area contributed by atoms with Gasteiger partial charge < -0.3 is 5.11 Å². The zero-order valence-electron chi connectivity index (χ0n) is 6.67. The van der Waals surface area contributed by atoms with Crippen molar-refractivity contribution in [3.8, 4) is 5.75 Å². The van der Waals surface area contributed by atoms with Crippen molar-refractivity contribution in [2.75, 3.05) is 0 Å². The summed E-state index contributed by atoms with van der Waals surface area (Å²) in [4.78, 5) is 11.3. The Balaban J connectivity index is 3.09. The molecule has 1 N–H and O–H groups in total. The Morgan fingerprint density at radius 2 is 2.25 bits per heavy atom. The van der Waals surface area contributed by atoms with Gasteiger partial charge in [0.15, 0.2) is 5.78 Å². The quantitative estimate of drug-likeness (QED) is 0.666. The van der Waals surface area contributed by atoms with Gasteiger partial charge in [-0.2, -0.15) is 0 Å². The maximum absolute atomic E-state index is 11.3. The van der Waals surface area contributed by atoms with E-state index in [-0.39, 0.29) is 11.5 Å². The molecule has 0 aliphatic carbocycles. The van der Waals surface area contributed by atoms with E-state index in [1.165, 1.54) is 6.07 Å². The van der Waals surface area contributed by atoms with Gasteiger partial charge in [-0.15, -0.1) is 0 Å². The summed E-state index contributed by atoms with van der Waals surface area (Å²) in [6, 6.07) is 4.78. The molecule has 12 heavy (non-hydrogen) atoms. The highest BCUT2D eigenvalue weighted by molar-refractivity contribution is 14.1. The van der Waals surface area contributed by atoms with Crippen molar-refractivity contribution in [2.24, 2.45) is 0 Å². The molecule has 0 radical (unpaired) electrons. The molecule has 0 amide bonds. The van der Waals surface area contributed by atoms with Crippen LogP contribution in [0.15, 0.2) is 18.2 Å². The molecule has 0 heterocycles. The number of hydrogen-bond acceptors (Lipinski definition) is 2. The Kier molecular flexibility index (Phi) is 3.08. The van der Waals surface area contributed by atoms with Crippen LogP contribution in [-0.2, 0) is 0 Å². The Labute approximate surface area is 84.7 Å². The third-order valence-electron chi connectivity index (χ3n) is 1.57. The van der Waals surface area contributed by atoms with Crippen LogP contribution in [0.25, 0.3) is 0 Å². The summed E-state index contributed by atoms with van der Waals surface area (Å²) in [7, 11) is 0. The summed E-state index contributed by atoms with van der Waals surface area (Å²) in [5.41, 5.74) is 0.691. The summed E-state index contributed by atoms with van der Waals surface area (Å²) in [6.45, 7) is 1.82. The molecule has 3 heteroatoms. The van der Waals surface area contributed by atoms with E-state index in [0.29, 0.717) is 12.0 Å². The van der Waals surface area contributed by atoms with E-state index in [4.69, 9.17) is 5.11 Å². The van der Waals surface area contributed by atoms with Crippen LogP contribution in [-0.4, -0.2) is 10.9 Å². The number of ketones is 1. The molecule has 1 aromatic rings. The molecular weight excluding hydrogens is 267 g/mol. The van der Waals surface area contributed by atoms with Gasteiger partial charge in [-0.25, -0.2) is 0 Å². The van der Waals surface area contributed by atoms with Gasteiger partial charge >= 0.3 is 0 Å². The molecule has 64 valence electrons. The number of phenols is 1. The van der Waals surface area contributed by atoms with Crippen LogP contribution in [0.4, 0.5) is 0 Å². The summed E-state index contributed by atoms with van der Waals surface area (Å²) < 4.78 is 0.805. The molecule has 1 rings (SSSR count). The summed E-state index contributed by atoms with van der Waals surface area (Å²) in [5.74, 6) is 0.312. The molecule has 1 aromatic carbocycles. The van der Waals surface area contributed by atoms with Crippen molar-refractivity contribution >= 4 is 28.4 Å². The molecule has 0 unspecified atom stereocenters. The maximum Gasteiger partial charge on any atom is 0.163 e. The van der Waals surface area contributed by atoms with Crippen molar-refractivity contribution in [3.63, 3.8) is 0 Å². The minimum Gasteiger partial charge on any atom is -0.508 e. The van der Waals surface area contributed by atoms with E-state index in [1.54, 1.807) is 12.1 Å². The first-order valence-electron chi connectivity index (χ1n) is 3.67. The highest BCUT2D eigenvalue weighted by Gasteiger charge is 2.07. The van der Waals surface area contributed by atoms with Crippen molar-refractivity contribution in [1.29, 1.82) is 0 Å². The third kappa shape index (κ3) is 1.97. The molecule has 0 aliphatic rings. The van der Waals surface area contributed by atoms with Gasteiger partial charge in [0.1, 0.15) is 5.75 Å². The highest BCUT2D eigenvalue weighted by atomic mass is 127. The number of Topliss-reactive ketones (excluding diaryl/α,β-unsaturated/α-hetero) is 1. The van der Waals surface area contributed by atoms with E-state index >= 15 is 0 Å². The fourth-order valence-electron chi connectivity index (χ4n) is 0.921. The van der Waals surface area contributed by atoms with Gasteiger partial charge in [0.25, 0.3) is 0 Å². The van der Waals surface area contributed by atoms with E-state index in [1.807, 2.05) is 29.5 Å². The molecule has 0 aromatic heterocycles. The smallest absolute Gasteiger partial charge is 0.163 e. The van der Waals surface area contributed by atoms with Crippen LogP contribution in [0.2, 0.25) is 0 Å². The average Bonchev–Trinajstić information content (AvgIpc) is 2.03. The minimum atomic E-state index is 0.111. The number of rotatable bonds is 2. The van der Waals surface area contributed by atoms with Crippen molar-refractivity contribution in [1.82, 2.24) is 0 Å². The number of benzene rings is 1. The maximum atomic E-state index is 11.3. The van der Waals surface area contributed by atoms with Gasteiger partial charge in [0.05, 0.1) is 0 Å². The van der Waals surface area contributed by atoms with Crippen LogP contribution in [0.3, 0.4) is 0 Å². The molecule has 0 spiro atoms. The SMILES string of the molecule is CCC(=O)c1ccc(O)cc1I. The number of halogens is 1. The largest absolute Gasteiger partial charge is 0.508 e. The van der Waals surface area contributed by atoms with Crippen LogP contribution in [0, 0.1) is 3.57 Å².